The van der Waals surface area contributed by atoms with Gasteiger partial charge in [0.1, 0.15) is 0 Å². The Morgan fingerprint density at radius 2 is 1.46 bits per heavy atom. The second kappa shape index (κ2) is 7.93. The van der Waals surface area contributed by atoms with Crippen LogP contribution >= 0.6 is 0 Å². The van der Waals surface area contributed by atoms with Gasteiger partial charge in [-0.05, 0) is 41.0 Å². The topological polar surface area (TPSA) is 42.5 Å². The van der Waals surface area contributed by atoms with Crippen LogP contribution in [0.2, 0.25) is 0 Å². The predicted molar refractivity (Wildman–Crippen MR) is 104 cm³/mol. The third-order valence-electron chi connectivity index (χ3n) is 4.33. The monoisotopic (exact) mass is 346 g/mol. The second-order valence-electron chi connectivity index (χ2n) is 6.25. The molecule has 4 nitrogen and oxygen atoms in total. The number of benzene rings is 3. The van der Waals surface area contributed by atoms with E-state index in [4.69, 9.17) is 9.47 Å². The Hall–Kier alpha value is -2.98. The lowest BCUT2D eigenvalue weighted by atomic mass is 10.0. The Morgan fingerprint density at radius 1 is 0.731 bits per heavy atom. The van der Waals surface area contributed by atoms with Gasteiger partial charge in [0.2, 0.25) is 0 Å². The summed E-state index contributed by atoms with van der Waals surface area (Å²) in [4.78, 5) is 0. The Morgan fingerprint density at radius 3 is 2.27 bits per heavy atom. The molecule has 0 aromatic heterocycles. The molecule has 132 valence electrons. The Bertz CT molecular complexity index is 848. The molecule has 1 heterocycles. The number of hydrogen-bond donors (Lipinski definition) is 2. The van der Waals surface area contributed by atoms with Crippen LogP contribution in [0.15, 0.2) is 72.8 Å². The van der Waals surface area contributed by atoms with Crippen LogP contribution in [0.4, 0.5) is 5.69 Å². The van der Waals surface area contributed by atoms with Crippen molar-refractivity contribution in [2.24, 2.45) is 0 Å². The maximum atomic E-state index is 5.79. The Kier molecular flexibility index (Phi) is 5.03. The van der Waals surface area contributed by atoms with Crippen LogP contribution in [-0.4, -0.2) is 13.2 Å². The molecule has 0 spiro atoms. The summed E-state index contributed by atoms with van der Waals surface area (Å²) in [5.41, 5.74) is 11.0. The number of anilines is 1. The van der Waals surface area contributed by atoms with Gasteiger partial charge in [-0.15, -0.1) is 0 Å². The Balaban J connectivity index is 1.40. The first kappa shape index (κ1) is 16.5. The molecule has 3 aromatic rings. The third kappa shape index (κ3) is 3.98. The van der Waals surface area contributed by atoms with Gasteiger partial charge in [-0.3, -0.25) is 0 Å². The molecule has 0 unspecified atom stereocenters. The summed E-state index contributed by atoms with van der Waals surface area (Å²) in [6, 6.07) is 24.8. The maximum absolute atomic E-state index is 5.79. The van der Waals surface area contributed by atoms with Crippen molar-refractivity contribution in [1.82, 2.24) is 5.43 Å². The number of hydrazine groups is 1. The highest BCUT2D eigenvalue weighted by atomic mass is 16.5. The molecule has 1 aliphatic rings. The van der Waals surface area contributed by atoms with Crippen molar-refractivity contribution in [2.75, 3.05) is 18.6 Å². The van der Waals surface area contributed by atoms with E-state index in [0.717, 1.165) is 35.7 Å². The summed E-state index contributed by atoms with van der Waals surface area (Å²) in [7, 11) is 0. The molecule has 0 fully saturated rings. The van der Waals surface area contributed by atoms with E-state index in [0.29, 0.717) is 13.2 Å². The molecule has 4 heteroatoms. The minimum absolute atomic E-state index is 0.704. The SMILES string of the molecule is c1ccc(NNCc2ccc(-c3ccc4c(c3)OCCCO4)cc2)cc1. The zero-order valence-electron chi connectivity index (χ0n) is 14.6. The number of ether oxygens (including phenoxy) is 2. The van der Waals surface area contributed by atoms with E-state index in [9.17, 15) is 0 Å². The smallest absolute Gasteiger partial charge is 0.161 e. The highest BCUT2D eigenvalue weighted by Gasteiger charge is 2.11. The summed E-state index contributed by atoms with van der Waals surface area (Å²) in [6.45, 7) is 2.16. The van der Waals surface area contributed by atoms with Gasteiger partial charge in [0, 0.05) is 18.7 Å². The summed E-state index contributed by atoms with van der Waals surface area (Å²) >= 11 is 0. The molecule has 0 amide bonds. The molecule has 0 aliphatic carbocycles. The van der Waals surface area contributed by atoms with Crippen LogP contribution in [0.3, 0.4) is 0 Å². The Labute approximate surface area is 153 Å². The molecule has 1 aliphatic heterocycles. The highest BCUT2D eigenvalue weighted by Crippen LogP contribution is 2.34. The lowest BCUT2D eigenvalue weighted by molar-refractivity contribution is 0.297. The fourth-order valence-electron chi connectivity index (χ4n) is 2.93. The number of para-hydroxylation sites is 1. The number of rotatable bonds is 5. The lowest BCUT2D eigenvalue weighted by Crippen LogP contribution is -2.20. The molecule has 0 saturated heterocycles. The van der Waals surface area contributed by atoms with Crippen molar-refractivity contribution in [2.45, 2.75) is 13.0 Å². The fraction of sp³-hybridized carbons (Fsp3) is 0.182. The average Bonchev–Trinajstić information content (AvgIpc) is 2.94. The van der Waals surface area contributed by atoms with Crippen molar-refractivity contribution in [3.63, 3.8) is 0 Å². The number of nitrogens with one attached hydrogen (secondary N) is 2. The third-order valence-corrected chi connectivity index (χ3v) is 4.33. The molecule has 0 atom stereocenters. The molecule has 3 aromatic carbocycles. The summed E-state index contributed by atoms with van der Waals surface area (Å²) in [5.74, 6) is 1.66. The van der Waals surface area contributed by atoms with Gasteiger partial charge in [0.15, 0.2) is 11.5 Å². The fourth-order valence-corrected chi connectivity index (χ4v) is 2.93. The summed E-state index contributed by atoms with van der Waals surface area (Å²) < 4.78 is 11.5. The summed E-state index contributed by atoms with van der Waals surface area (Å²) in [5, 5.41) is 0. The molecular formula is C22H22N2O2. The van der Waals surface area contributed by atoms with E-state index < -0.39 is 0 Å². The zero-order valence-corrected chi connectivity index (χ0v) is 14.6. The van der Waals surface area contributed by atoms with E-state index in [-0.39, 0.29) is 0 Å². The van der Waals surface area contributed by atoms with Gasteiger partial charge in [-0.1, -0.05) is 48.5 Å². The molecule has 26 heavy (non-hydrogen) atoms. The van der Waals surface area contributed by atoms with Crippen LogP contribution in [-0.2, 0) is 6.54 Å². The summed E-state index contributed by atoms with van der Waals surface area (Å²) in [6.07, 6.45) is 0.919. The number of hydrogen-bond acceptors (Lipinski definition) is 4. The quantitative estimate of drug-likeness (QED) is 0.661. The highest BCUT2D eigenvalue weighted by molar-refractivity contribution is 5.67. The lowest BCUT2D eigenvalue weighted by Gasteiger charge is -2.11. The maximum Gasteiger partial charge on any atom is 0.161 e. The van der Waals surface area contributed by atoms with E-state index in [1.165, 1.54) is 11.1 Å². The van der Waals surface area contributed by atoms with Crippen molar-refractivity contribution in [1.29, 1.82) is 0 Å². The number of fused-ring (bicyclic) bond motifs is 1. The van der Waals surface area contributed by atoms with Crippen molar-refractivity contribution in [3.8, 4) is 22.6 Å². The van der Waals surface area contributed by atoms with Crippen molar-refractivity contribution >= 4 is 5.69 Å². The van der Waals surface area contributed by atoms with E-state index in [2.05, 4.69) is 47.2 Å². The molecular weight excluding hydrogens is 324 g/mol. The first-order valence-electron chi connectivity index (χ1n) is 8.91. The van der Waals surface area contributed by atoms with E-state index >= 15 is 0 Å². The van der Waals surface area contributed by atoms with Crippen LogP contribution < -0.4 is 20.3 Å². The first-order chi connectivity index (χ1) is 12.9. The van der Waals surface area contributed by atoms with Gasteiger partial charge in [0.05, 0.1) is 13.2 Å². The van der Waals surface area contributed by atoms with Crippen LogP contribution in [0.25, 0.3) is 11.1 Å². The standard InChI is InChI=1S/C22H22N2O2/c1-2-5-20(6-3-1)24-23-16-17-7-9-18(10-8-17)19-11-12-21-22(15-19)26-14-4-13-25-21/h1-3,5-12,15,23-24H,4,13-14,16H2. The predicted octanol–water partition coefficient (Wildman–Crippen LogP) is 4.63. The zero-order chi connectivity index (χ0) is 17.6. The molecule has 0 radical (unpaired) electrons. The van der Waals surface area contributed by atoms with Gasteiger partial charge < -0.3 is 14.9 Å². The van der Waals surface area contributed by atoms with E-state index in [1.807, 2.05) is 36.4 Å². The van der Waals surface area contributed by atoms with E-state index in [1.54, 1.807) is 0 Å². The largest absolute Gasteiger partial charge is 0.490 e. The van der Waals surface area contributed by atoms with Crippen LogP contribution in [0.1, 0.15) is 12.0 Å². The van der Waals surface area contributed by atoms with Gasteiger partial charge >= 0.3 is 0 Å². The molecule has 0 saturated carbocycles. The van der Waals surface area contributed by atoms with Gasteiger partial charge in [-0.2, -0.15) is 0 Å². The minimum atomic E-state index is 0.704. The van der Waals surface area contributed by atoms with Gasteiger partial charge in [0.25, 0.3) is 0 Å². The van der Waals surface area contributed by atoms with Crippen molar-refractivity contribution < 1.29 is 9.47 Å². The first-order valence-corrected chi connectivity index (χ1v) is 8.91. The second-order valence-corrected chi connectivity index (χ2v) is 6.25. The van der Waals surface area contributed by atoms with Crippen molar-refractivity contribution in [3.05, 3.63) is 78.4 Å². The molecule has 4 rings (SSSR count). The molecule has 0 bridgehead atoms. The average molecular weight is 346 g/mol. The van der Waals surface area contributed by atoms with Crippen LogP contribution in [0.5, 0.6) is 11.5 Å². The minimum Gasteiger partial charge on any atom is -0.490 e. The van der Waals surface area contributed by atoms with Gasteiger partial charge in [-0.25, -0.2) is 5.43 Å². The normalized spacial score (nSPS) is 13.1. The molecule has 2 N–H and O–H groups in total. The van der Waals surface area contributed by atoms with Crippen LogP contribution in [0, 0.1) is 0 Å².